The second-order valence-corrected chi connectivity index (χ2v) is 6.42. The maximum absolute atomic E-state index is 13.2. The third-order valence-electron chi connectivity index (χ3n) is 2.87. The van der Waals surface area contributed by atoms with Crippen molar-refractivity contribution in [2.75, 3.05) is 7.11 Å². The summed E-state index contributed by atoms with van der Waals surface area (Å²) in [7, 11) is 1.28. The summed E-state index contributed by atoms with van der Waals surface area (Å²) in [5.74, 6) is -0.651. The minimum Gasteiger partial charge on any atom is -0.463 e. The molecule has 0 saturated carbocycles. The zero-order chi connectivity index (χ0) is 15.8. The van der Waals surface area contributed by atoms with Gasteiger partial charge in [0.1, 0.15) is 11.5 Å². The summed E-state index contributed by atoms with van der Waals surface area (Å²) in [5.41, 5.74) is 0.676. The fraction of sp³-hybridized carbons (Fsp3) is 0.333. The van der Waals surface area contributed by atoms with Crippen molar-refractivity contribution >= 4 is 21.9 Å². The number of aromatic nitrogens is 1. The van der Waals surface area contributed by atoms with E-state index in [9.17, 15) is 9.18 Å². The summed E-state index contributed by atoms with van der Waals surface area (Å²) >= 11 is 3.27. The number of nitrogens with zero attached hydrogens (tertiary/aromatic N) is 1. The molecule has 2 rings (SSSR count). The standard InChI is InChI=1S/C15H15BrFNO3/c1-15(2,3)12-11(14(19)20-4)21-13(18-12)9-6-5-8(17)7-10(9)16/h5-7H,1-4H3. The minimum atomic E-state index is -0.586. The molecule has 0 spiro atoms. The summed E-state index contributed by atoms with van der Waals surface area (Å²) in [4.78, 5) is 16.2. The lowest BCUT2D eigenvalue weighted by molar-refractivity contribution is 0.0562. The van der Waals surface area contributed by atoms with Gasteiger partial charge in [-0.2, -0.15) is 0 Å². The van der Waals surface area contributed by atoms with Gasteiger partial charge >= 0.3 is 5.97 Å². The van der Waals surface area contributed by atoms with Gasteiger partial charge in [-0.05, 0) is 34.1 Å². The van der Waals surface area contributed by atoms with Crippen molar-refractivity contribution < 1.29 is 18.3 Å². The Morgan fingerprint density at radius 1 is 1.38 bits per heavy atom. The summed E-state index contributed by atoms with van der Waals surface area (Å²) in [5, 5.41) is 0. The Labute approximate surface area is 130 Å². The fourth-order valence-electron chi connectivity index (χ4n) is 1.84. The Kier molecular flexibility index (Phi) is 4.18. The zero-order valence-electron chi connectivity index (χ0n) is 12.2. The van der Waals surface area contributed by atoms with Gasteiger partial charge < -0.3 is 9.15 Å². The van der Waals surface area contributed by atoms with Crippen molar-refractivity contribution in [3.05, 3.63) is 39.9 Å². The number of benzene rings is 1. The number of methoxy groups -OCH3 is 1. The van der Waals surface area contributed by atoms with Crippen LogP contribution in [0.15, 0.2) is 27.1 Å². The maximum atomic E-state index is 13.2. The van der Waals surface area contributed by atoms with E-state index in [4.69, 9.17) is 9.15 Å². The molecule has 6 heteroatoms. The molecule has 21 heavy (non-hydrogen) atoms. The monoisotopic (exact) mass is 355 g/mol. The van der Waals surface area contributed by atoms with Crippen molar-refractivity contribution in [1.82, 2.24) is 4.98 Å². The van der Waals surface area contributed by atoms with Crippen LogP contribution in [0, 0.1) is 5.82 Å². The average molecular weight is 356 g/mol. The summed E-state index contributed by atoms with van der Waals surface area (Å²) in [6.07, 6.45) is 0. The van der Waals surface area contributed by atoms with E-state index in [-0.39, 0.29) is 17.5 Å². The largest absolute Gasteiger partial charge is 0.463 e. The zero-order valence-corrected chi connectivity index (χ0v) is 13.7. The lowest BCUT2D eigenvalue weighted by atomic mass is 9.91. The molecule has 0 fully saturated rings. The van der Waals surface area contributed by atoms with Crippen LogP contribution in [0.2, 0.25) is 0 Å². The van der Waals surface area contributed by atoms with Crippen LogP contribution in [0.1, 0.15) is 37.0 Å². The normalized spacial score (nSPS) is 11.5. The molecule has 2 aromatic rings. The summed E-state index contributed by atoms with van der Waals surface area (Å²) < 4.78 is 24.0. The van der Waals surface area contributed by atoms with Crippen molar-refractivity contribution in [2.24, 2.45) is 0 Å². The van der Waals surface area contributed by atoms with Crippen LogP contribution in [0.3, 0.4) is 0 Å². The highest BCUT2D eigenvalue weighted by Gasteiger charge is 2.30. The molecule has 0 bridgehead atoms. The van der Waals surface area contributed by atoms with Gasteiger partial charge in [-0.3, -0.25) is 0 Å². The maximum Gasteiger partial charge on any atom is 0.376 e. The fourth-order valence-corrected chi connectivity index (χ4v) is 2.36. The number of oxazole rings is 1. The van der Waals surface area contributed by atoms with Crippen molar-refractivity contribution in [3.63, 3.8) is 0 Å². The highest BCUT2D eigenvalue weighted by Crippen LogP contribution is 2.33. The first-order valence-corrected chi connectivity index (χ1v) is 7.08. The molecule has 0 atom stereocenters. The molecule has 1 aromatic heterocycles. The van der Waals surface area contributed by atoms with Crippen molar-refractivity contribution in [1.29, 1.82) is 0 Å². The Hall–Kier alpha value is -1.69. The van der Waals surface area contributed by atoms with Gasteiger partial charge in [-0.15, -0.1) is 0 Å². The minimum absolute atomic E-state index is 0.0659. The van der Waals surface area contributed by atoms with Crippen LogP contribution in [0.5, 0.6) is 0 Å². The van der Waals surface area contributed by atoms with Gasteiger partial charge in [-0.25, -0.2) is 14.2 Å². The van der Waals surface area contributed by atoms with Crippen LogP contribution in [-0.2, 0) is 10.2 Å². The summed E-state index contributed by atoms with van der Waals surface area (Å²) in [6.45, 7) is 5.75. The molecule has 1 heterocycles. The van der Waals surface area contributed by atoms with E-state index in [1.165, 1.54) is 19.2 Å². The van der Waals surface area contributed by atoms with Crippen LogP contribution >= 0.6 is 15.9 Å². The molecule has 112 valence electrons. The molecule has 0 unspecified atom stereocenters. The van der Waals surface area contributed by atoms with E-state index >= 15 is 0 Å². The molecule has 0 N–H and O–H groups in total. The Bertz CT molecular complexity index is 689. The molecule has 0 aliphatic rings. The van der Waals surface area contributed by atoms with Gasteiger partial charge in [0.15, 0.2) is 0 Å². The molecule has 0 aliphatic heterocycles. The molecular weight excluding hydrogens is 341 g/mol. The van der Waals surface area contributed by atoms with Gasteiger partial charge in [0, 0.05) is 9.89 Å². The van der Waals surface area contributed by atoms with Crippen molar-refractivity contribution in [2.45, 2.75) is 26.2 Å². The van der Waals surface area contributed by atoms with Crippen LogP contribution < -0.4 is 0 Å². The second kappa shape index (κ2) is 5.60. The van der Waals surface area contributed by atoms with Crippen molar-refractivity contribution in [3.8, 4) is 11.5 Å². The van der Waals surface area contributed by atoms with Crippen LogP contribution in [0.4, 0.5) is 4.39 Å². The molecule has 0 radical (unpaired) electrons. The number of hydrogen-bond donors (Lipinski definition) is 0. The van der Waals surface area contributed by atoms with Gasteiger partial charge in [0.25, 0.3) is 0 Å². The molecule has 1 aromatic carbocycles. The molecule has 0 amide bonds. The summed E-state index contributed by atoms with van der Waals surface area (Å²) in [6, 6.07) is 4.16. The Balaban J connectivity index is 2.61. The van der Waals surface area contributed by atoms with Crippen LogP contribution in [-0.4, -0.2) is 18.1 Å². The van der Waals surface area contributed by atoms with E-state index in [2.05, 4.69) is 20.9 Å². The third kappa shape index (κ3) is 3.15. The first-order valence-electron chi connectivity index (χ1n) is 6.29. The first-order chi connectivity index (χ1) is 9.74. The van der Waals surface area contributed by atoms with E-state index < -0.39 is 11.4 Å². The predicted octanol–water partition coefficient (Wildman–Crippen LogP) is 4.33. The van der Waals surface area contributed by atoms with Gasteiger partial charge in [0.2, 0.25) is 11.7 Å². The third-order valence-corrected chi connectivity index (χ3v) is 3.53. The number of halogens is 2. The first kappa shape index (κ1) is 15.7. The lowest BCUT2D eigenvalue weighted by Gasteiger charge is -2.15. The van der Waals surface area contributed by atoms with E-state index in [1.807, 2.05) is 20.8 Å². The van der Waals surface area contributed by atoms with E-state index in [0.717, 1.165) is 0 Å². The van der Waals surface area contributed by atoms with E-state index in [1.54, 1.807) is 6.07 Å². The highest BCUT2D eigenvalue weighted by atomic mass is 79.9. The lowest BCUT2D eigenvalue weighted by Crippen LogP contribution is -2.17. The number of carbonyl (C=O) groups excluding carboxylic acids is 1. The van der Waals surface area contributed by atoms with Gasteiger partial charge in [0.05, 0.1) is 12.7 Å². The number of carbonyl (C=O) groups is 1. The Morgan fingerprint density at radius 2 is 2.05 bits per heavy atom. The average Bonchev–Trinajstić information content (AvgIpc) is 2.82. The van der Waals surface area contributed by atoms with Crippen LogP contribution in [0.25, 0.3) is 11.5 Å². The van der Waals surface area contributed by atoms with E-state index in [0.29, 0.717) is 15.7 Å². The number of esters is 1. The topological polar surface area (TPSA) is 52.3 Å². The molecule has 0 aliphatic carbocycles. The number of ether oxygens (including phenoxy) is 1. The number of hydrogen-bond acceptors (Lipinski definition) is 4. The SMILES string of the molecule is COC(=O)c1oc(-c2ccc(F)cc2Br)nc1C(C)(C)C. The molecular formula is C15H15BrFNO3. The molecule has 4 nitrogen and oxygen atoms in total. The number of rotatable bonds is 2. The quantitative estimate of drug-likeness (QED) is 0.752. The predicted molar refractivity (Wildman–Crippen MR) is 79.6 cm³/mol. The highest BCUT2D eigenvalue weighted by molar-refractivity contribution is 9.10. The Morgan fingerprint density at radius 3 is 2.57 bits per heavy atom. The second-order valence-electron chi connectivity index (χ2n) is 5.56. The smallest absolute Gasteiger partial charge is 0.376 e. The molecule has 0 saturated heterocycles. The van der Waals surface area contributed by atoms with Gasteiger partial charge in [-0.1, -0.05) is 20.8 Å².